The normalized spacial score (nSPS) is 17.2. The third kappa shape index (κ3) is 7.22. The van der Waals surface area contributed by atoms with E-state index in [9.17, 15) is 26.3 Å². The van der Waals surface area contributed by atoms with Crippen LogP contribution in [-0.4, -0.2) is 13.2 Å². The lowest BCUT2D eigenvalue weighted by Gasteiger charge is -2.30. The van der Waals surface area contributed by atoms with Gasteiger partial charge < -0.3 is 14.2 Å². The first kappa shape index (κ1) is 30.6. The van der Waals surface area contributed by atoms with Gasteiger partial charge in [-0.15, -0.1) is 0 Å². The molecule has 1 saturated heterocycles. The first-order chi connectivity index (χ1) is 20.6. The third-order valence-corrected chi connectivity index (χ3v) is 7.40. The van der Waals surface area contributed by atoms with Crippen LogP contribution in [0.1, 0.15) is 50.0 Å². The summed E-state index contributed by atoms with van der Waals surface area (Å²) >= 11 is 0. The minimum absolute atomic E-state index is 0.111. The van der Waals surface area contributed by atoms with Gasteiger partial charge in [0.2, 0.25) is 0 Å². The summed E-state index contributed by atoms with van der Waals surface area (Å²) in [4.78, 5) is 0. The molecule has 4 aromatic carbocycles. The van der Waals surface area contributed by atoms with Crippen molar-refractivity contribution in [3.63, 3.8) is 0 Å². The van der Waals surface area contributed by atoms with Crippen LogP contribution in [0.2, 0.25) is 0 Å². The summed E-state index contributed by atoms with van der Waals surface area (Å²) in [7, 11) is 0. The molecule has 43 heavy (non-hydrogen) atoms. The van der Waals surface area contributed by atoms with E-state index in [0.717, 1.165) is 25.3 Å². The van der Waals surface area contributed by atoms with Crippen LogP contribution in [0.25, 0.3) is 22.3 Å². The van der Waals surface area contributed by atoms with Gasteiger partial charge in [0.25, 0.3) is 0 Å². The first-order valence-electron chi connectivity index (χ1n) is 14.1. The largest absolute Gasteiger partial charge is 0.429 e. The molecule has 0 amide bonds. The number of unbranched alkanes of at least 4 members (excludes halogenated alkanes) is 2. The minimum Gasteiger partial charge on any atom is -0.429 e. The van der Waals surface area contributed by atoms with E-state index in [1.54, 1.807) is 0 Å². The summed E-state index contributed by atoms with van der Waals surface area (Å²) in [6.45, 7) is 3.28. The molecule has 226 valence electrons. The number of halogens is 6. The Hall–Kier alpha value is -3.82. The lowest BCUT2D eigenvalue weighted by molar-refractivity contribution is -0.206. The van der Waals surface area contributed by atoms with Gasteiger partial charge in [-0.1, -0.05) is 62.6 Å². The molecular formula is C34H30F6O3. The lowest BCUT2D eigenvalue weighted by Crippen LogP contribution is -2.27. The molecule has 4 aromatic rings. The van der Waals surface area contributed by atoms with Crippen molar-refractivity contribution in [3.05, 3.63) is 113 Å². The predicted octanol–water partition coefficient (Wildman–Crippen LogP) is 9.95. The van der Waals surface area contributed by atoms with E-state index in [4.69, 9.17) is 14.2 Å². The van der Waals surface area contributed by atoms with Crippen LogP contribution in [0, 0.1) is 29.2 Å². The number of hydrogen-bond donors (Lipinski definition) is 0. The second-order valence-electron chi connectivity index (χ2n) is 10.6. The minimum atomic E-state index is -3.63. The van der Waals surface area contributed by atoms with E-state index < -0.39 is 35.7 Å². The molecule has 1 aliphatic rings. The van der Waals surface area contributed by atoms with Gasteiger partial charge in [0.1, 0.15) is 11.6 Å². The summed E-state index contributed by atoms with van der Waals surface area (Å²) in [5.74, 6) is -5.07. The van der Waals surface area contributed by atoms with Crippen LogP contribution in [0.5, 0.6) is 5.75 Å². The maximum atomic E-state index is 15.0. The summed E-state index contributed by atoms with van der Waals surface area (Å²) in [6, 6.07) is 16.6. The highest BCUT2D eigenvalue weighted by Crippen LogP contribution is 2.35. The zero-order chi connectivity index (χ0) is 30.6. The molecule has 0 unspecified atom stereocenters. The average Bonchev–Trinajstić information content (AvgIpc) is 3.00. The summed E-state index contributed by atoms with van der Waals surface area (Å²) < 4.78 is 102. The van der Waals surface area contributed by atoms with E-state index >= 15 is 0 Å². The van der Waals surface area contributed by atoms with Crippen molar-refractivity contribution in [2.24, 2.45) is 5.92 Å². The quantitative estimate of drug-likeness (QED) is 0.103. The Labute approximate surface area is 246 Å². The fourth-order valence-electron chi connectivity index (χ4n) is 4.98. The van der Waals surface area contributed by atoms with Crippen LogP contribution in [-0.2, 0) is 15.6 Å². The summed E-state index contributed by atoms with van der Waals surface area (Å²) in [6.07, 6.45) is 0.249. The molecule has 0 aliphatic carbocycles. The van der Waals surface area contributed by atoms with Gasteiger partial charge in [-0.3, -0.25) is 0 Å². The topological polar surface area (TPSA) is 27.7 Å². The zero-order valence-electron chi connectivity index (χ0n) is 23.4. The highest BCUT2D eigenvalue weighted by atomic mass is 19.3. The number of hydrogen-bond acceptors (Lipinski definition) is 3. The van der Waals surface area contributed by atoms with Crippen LogP contribution >= 0.6 is 0 Å². The number of benzene rings is 4. The van der Waals surface area contributed by atoms with Gasteiger partial charge in [-0.05, 0) is 65.6 Å². The molecule has 1 fully saturated rings. The molecule has 0 spiro atoms. The van der Waals surface area contributed by atoms with Gasteiger partial charge in [0.15, 0.2) is 23.7 Å². The summed E-state index contributed by atoms with van der Waals surface area (Å²) in [5, 5.41) is 0. The Morgan fingerprint density at radius 1 is 0.721 bits per heavy atom. The van der Waals surface area contributed by atoms with E-state index in [2.05, 4.69) is 6.92 Å². The molecule has 5 rings (SSSR count). The Morgan fingerprint density at radius 2 is 1.33 bits per heavy atom. The van der Waals surface area contributed by atoms with Gasteiger partial charge in [-0.2, -0.15) is 8.78 Å². The summed E-state index contributed by atoms with van der Waals surface area (Å²) in [5.41, 5.74) is 0.883. The number of ether oxygens (including phenoxy) is 3. The van der Waals surface area contributed by atoms with Gasteiger partial charge >= 0.3 is 6.11 Å². The van der Waals surface area contributed by atoms with E-state index in [1.165, 1.54) is 67.1 Å². The second kappa shape index (κ2) is 13.2. The smallest absolute Gasteiger partial charge is 0.426 e. The fraction of sp³-hybridized carbons (Fsp3) is 0.294. The highest BCUT2D eigenvalue weighted by molar-refractivity contribution is 5.71. The van der Waals surface area contributed by atoms with Crippen molar-refractivity contribution in [1.82, 2.24) is 0 Å². The zero-order valence-corrected chi connectivity index (χ0v) is 23.4. The maximum Gasteiger partial charge on any atom is 0.426 e. The second-order valence-corrected chi connectivity index (χ2v) is 10.6. The van der Waals surface area contributed by atoms with Gasteiger partial charge in [0.05, 0.1) is 18.8 Å². The molecule has 9 heteroatoms. The Balaban J connectivity index is 1.21. The molecular weight excluding hydrogens is 570 g/mol. The van der Waals surface area contributed by atoms with E-state index in [1.807, 2.05) is 0 Å². The Morgan fingerprint density at radius 3 is 1.93 bits per heavy atom. The van der Waals surface area contributed by atoms with E-state index in [-0.39, 0.29) is 22.4 Å². The Kier molecular flexibility index (Phi) is 9.42. The monoisotopic (exact) mass is 600 g/mol. The van der Waals surface area contributed by atoms with Crippen molar-refractivity contribution in [2.75, 3.05) is 13.2 Å². The van der Waals surface area contributed by atoms with Crippen LogP contribution in [0.3, 0.4) is 0 Å². The molecule has 0 saturated carbocycles. The van der Waals surface area contributed by atoms with Crippen molar-refractivity contribution in [2.45, 2.75) is 45.0 Å². The van der Waals surface area contributed by atoms with E-state index in [0.29, 0.717) is 48.0 Å². The molecule has 0 aromatic heterocycles. The predicted molar refractivity (Wildman–Crippen MR) is 150 cm³/mol. The van der Waals surface area contributed by atoms with Crippen LogP contribution in [0.4, 0.5) is 26.3 Å². The van der Waals surface area contributed by atoms with Crippen molar-refractivity contribution >= 4 is 0 Å². The maximum absolute atomic E-state index is 15.0. The highest BCUT2D eigenvalue weighted by Gasteiger charge is 2.35. The van der Waals surface area contributed by atoms with Gasteiger partial charge in [-0.25, -0.2) is 17.6 Å². The average molecular weight is 601 g/mol. The number of rotatable bonds is 10. The van der Waals surface area contributed by atoms with Crippen LogP contribution in [0.15, 0.2) is 78.9 Å². The van der Waals surface area contributed by atoms with Gasteiger partial charge in [0, 0.05) is 17.0 Å². The molecule has 0 bridgehead atoms. The van der Waals surface area contributed by atoms with Crippen molar-refractivity contribution < 1.29 is 40.6 Å². The SMILES string of the molecule is CCCCCC1COC(c2ccc(C(F)(F)Oc3ccc(-c4ccc(-c5cc(F)c(F)c(F)c5)c(F)c4)cc3)cc2)OC1. The molecule has 0 radical (unpaired) electrons. The molecule has 0 atom stereocenters. The van der Waals surface area contributed by atoms with Crippen molar-refractivity contribution in [1.29, 1.82) is 0 Å². The molecule has 3 nitrogen and oxygen atoms in total. The standard InChI is InChI=1S/C34H30F6O3/c1-2-3-4-5-21-19-41-33(42-20-21)23-6-11-26(12-7-23)34(39,40)43-27-13-8-22(9-14-27)24-10-15-28(29(35)16-24)25-17-30(36)32(38)31(37)18-25/h6-18,21,33H,2-5,19-20H2,1H3. The fourth-order valence-corrected chi connectivity index (χ4v) is 4.98. The molecule has 1 heterocycles. The molecule has 0 N–H and O–H groups in total. The van der Waals surface area contributed by atoms with Crippen molar-refractivity contribution in [3.8, 4) is 28.0 Å². The first-order valence-corrected chi connectivity index (χ1v) is 14.1. The Bertz CT molecular complexity index is 1510. The third-order valence-electron chi connectivity index (χ3n) is 7.40. The number of alkyl halides is 2. The molecule has 1 aliphatic heterocycles. The van der Waals surface area contributed by atoms with Crippen LogP contribution < -0.4 is 4.74 Å². The lowest BCUT2D eigenvalue weighted by atomic mass is 9.99.